The Morgan fingerprint density at radius 1 is 1.36 bits per heavy atom. The van der Waals surface area contributed by atoms with Crippen LogP contribution in [0.4, 0.5) is 0 Å². The van der Waals surface area contributed by atoms with Crippen molar-refractivity contribution in [3.05, 3.63) is 45.7 Å². The Morgan fingerprint density at radius 3 is 2.73 bits per heavy atom. The fourth-order valence-corrected chi connectivity index (χ4v) is 3.70. The third kappa shape index (κ3) is 2.48. The number of carboxylic acids is 1. The molecule has 2 aromatic rings. The lowest BCUT2D eigenvalue weighted by molar-refractivity contribution is 0.0644. The summed E-state index contributed by atoms with van der Waals surface area (Å²) in [7, 11) is 0. The minimum Gasteiger partial charge on any atom is -0.476 e. The maximum absolute atomic E-state index is 12.7. The number of carbonyl (C=O) groups is 2. The molecule has 0 spiro atoms. The first kappa shape index (κ1) is 14.6. The van der Waals surface area contributed by atoms with Crippen molar-refractivity contribution in [2.24, 2.45) is 0 Å². The van der Waals surface area contributed by atoms with E-state index in [0.29, 0.717) is 6.54 Å². The predicted molar refractivity (Wildman–Crippen MR) is 81.1 cm³/mol. The summed E-state index contributed by atoms with van der Waals surface area (Å²) in [5.74, 6) is -1.35. The Balaban J connectivity index is 1.87. The van der Waals surface area contributed by atoms with Gasteiger partial charge in [-0.1, -0.05) is 6.92 Å². The highest BCUT2D eigenvalue weighted by molar-refractivity contribution is 7.10. The molecular formula is C15H15N3O3S. The molecule has 1 atom stereocenters. The molecule has 114 valence electrons. The van der Waals surface area contributed by atoms with Crippen molar-refractivity contribution in [2.45, 2.75) is 25.8 Å². The van der Waals surface area contributed by atoms with Gasteiger partial charge in [-0.2, -0.15) is 0 Å². The Kier molecular flexibility index (Phi) is 3.89. The highest BCUT2D eigenvalue weighted by Gasteiger charge is 2.31. The largest absolute Gasteiger partial charge is 0.476 e. The van der Waals surface area contributed by atoms with E-state index in [9.17, 15) is 9.59 Å². The first-order valence-corrected chi connectivity index (χ1v) is 7.92. The number of carbonyl (C=O) groups excluding carboxylic acids is 1. The van der Waals surface area contributed by atoms with Gasteiger partial charge < -0.3 is 10.0 Å². The summed E-state index contributed by atoms with van der Waals surface area (Å²) in [5.41, 5.74) is 1.23. The molecule has 0 bridgehead atoms. The normalized spacial score (nSPS) is 17.1. The second-order valence-corrected chi connectivity index (χ2v) is 6.06. The van der Waals surface area contributed by atoms with Gasteiger partial charge in [0.25, 0.3) is 5.91 Å². The number of thiophene rings is 1. The number of carboxylic acid groups (broad SMARTS) is 1. The standard InChI is InChI=1S/C15H15N3O3S/c1-2-12-9-4-6-22-13(9)3-5-18(12)14(19)10-7-17-11(8-16-10)15(20)21/h4,6-8,12H,2-3,5H2,1H3,(H,20,21). The van der Waals surface area contributed by atoms with Crippen LogP contribution in [0.3, 0.4) is 0 Å². The van der Waals surface area contributed by atoms with Crippen LogP contribution in [0.15, 0.2) is 23.8 Å². The molecule has 0 saturated carbocycles. The van der Waals surface area contributed by atoms with Gasteiger partial charge in [-0.05, 0) is 29.9 Å². The van der Waals surface area contributed by atoms with E-state index in [2.05, 4.69) is 28.3 Å². The number of aromatic nitrogens is 2. The topological polar surface area (TPSA) is 83.4 Å². The smallest absolute Gasteiger partial charge is 0.356 e. The zero-order valence-corrected chi connectivity index (χ0v) is 12.8. The van der Waals surface area contributed by atoms with E-state index in [1.807, 2.05) is 0 Å². The van der Waals surface area contributed by atoms with Gasteiger partial charge in [-0.15, -0.1) is 11.3 Å². The zero-order chi connectivity index (χ0) is 15.7. The Labute approximate surface area is 131 Å². The van der Waals surface area contributed by atoms with Crippen molar-refractivity contribution in [1.82, 2.24) is 14.9 Å². The fourth-order valence-electron chi connectivity index (χ4n) is 2.78. The number of nitrogens with zero attached hydrogens (tertiary/aromatic N) is 3. The maximum atomic E-state index is 12.7. The first-order valence-electron chi connectivity index (χ1n) is 7.04. The van der Waals surface area contributed by atoms with Crippen LogP contribution in [-0.4, -0.2) is 38.4 Å². The average Bonchev–Trinajstić information content (AvgIpc) is 3.01. The number of fused-ring (bicyclic) bond motifs is 1. The van der Waals surface area contributed by atoms with Crippen LogP contribution in [0.1, 0.15) is 50.8 Å². The second-order valence-electron chi connectivity index (χ2n) is 5.06. The van der Waals surface area contributed by atoms with Crippen LogP contribution in [0.25, 0.3) is 0 Å². The molecule has 3 heterocycles. The fraction of sp³-hybridized carbons (Fsp3) is 0.333. The monoisotopic (exact) mass is 317 g/mol. The van der Waals surface area contributed by atoms with Crippen LogP contribution in [-0.2, 0) is 6.42 Å². The molecule has 7 heteroatoms. The summed E-state index contributed by atoms with van der Waals surface area (Å²) in [6, 6.07) is 2.12. The first-order chi connectivity index (χ1) is 10.6. The van der Waals surface area contributed by atoms with Gasteiger partial charge in [0.1, 0.15) is 5.69 Å². The van der Waals surface area contributed by atoms with Crippen molar-refractivity contribution in [1.29, 1.82) is 0 Å². The van der Waals surface area contributed by atoms with E-state index in [1.165, 1.54) is 16.6 Å². The quantitative estimate of drug-likeness (QED) is 0.939. The van der Waals surface area contributed by atoms with E-state index in [1.54, 1.807) is 16.2 Å². The van der Waals surface area contributed by atoms with Crippen LogP contribution in [0.5, 0.6) is 0 Å². The van der Waals surface area contributed by atoms with Crippen LogP contribution >= 0.6 is 11.3 Å². The van der Waals surface area contributed by atoms with Gasteiger partial charge in [0.05, 0.1) is 18.4 Å². The minimum absolute atomic E-state index is 0.0449. The molecule has 3 rings (SSSR count). The highest BCUT2D eigenvalue weighted by atomic mass is 32.1. The number of rotatable bonds is 3. The van der Waals surface area contributed by atoms with E-state index in [4.69, 9.17) is 5.11 Å². The van der Waals surface area contributed by atoms with Gasteiger partial charge in [0.2, 0.25) is 0 Å². The lowest BCUT2D eigenvalue weighted by Crippen LogP contribution is -2.39. The molecule has 1 amide bonds. The van der Waals surface area contributed by atoms with Crippen molar-refractivity contribution in [2.75, 3.05) is 6.54 Å². The van der Waals surface area contributed by atoms with Gasteiger partial charge in [0.15, 0.2) is 5.69 Å². The molecule has 22 heavy (non-hydrogen) atoms. The summed E-state index contributed by atoms with van der Waals surface area (Å²) in [6.07, 6.45) is 4.03. The van der Waals surface area contributed by atoms with Crippen molar-refractivity contribution in [3.8, 4) is 0 Å². The summed E-state index contributed by atoms with van der Waals surface area (Å²) in [6.45, 7) is 2.70. The molecule has 0 fully saturated rings. The molecule has 0 radical (unpaired) electrons. The second kappa shape index (κ2) is 5.84. The van der Waals surface area contributed by atoms with Gasteiger partial charge in [0, 0.05) is 11.4 Å². The molecule has 1 unspecified atom stereocenters. The zero-order valence-electron chi connectivity index (χ0n) is 12.0. The van der Waals surface area contributed by atoms with Crippen molar-refractivity contribution < 1.29 is 14.7 Å². The number of amides is 1. The van der Waals surface area contributed by atoms with Gasteiger partial charge in [-0.25, -0.2) is 14.8 Å². The van der Waals surface area contributed by atoms with Crippen LogP contribution in [0, 0.1) is 0 Å². The lowest BCUT2D eigenvalue weighted by Gasteiger charge is -2.35. The molecule has 0 aromatic carbocycles. The Bertz CT molecular complexity index is 711. The summed E-state index contributed by atoms with van der Waals surface area (Å²) in [5, 5.41) is 10.9. The average molecular weight is 317 g/mol. The van der Waals surface area contributed by atoms with Crippen LogP contribution in [0.2, 0.25) is 0 Å². The third-order valence-electron chi connectivity index (χ3n) is 3.83. The van der Waals surface area contributed by atoms with E-state index >= 15 is 0 Å². The molecule has 0 aliphatic carbocycles. The minimum atomic E-state index is -1.15. The molecule has 1 aliphatic rings. The third-order valence-corrected chi connectivity index (χ3v) is 4.83. The summed E-state index contributed by atoms with van der Waals surface area (Å²) in [4.78, 5) is 34.3. The Hall–Kier alpha value is -2.28. The van der Waals surface area contributed by atoms with Gasteiger partial charge >= 0.3 is 5.97 Å². The number of hydrogen-bond acceptors (Lipinski definition) is 5. The predicted octanol–water partition coefficient (Wildman–Crippen LogP) is 2.39. The number of hydrogen-bond donors (Lipinski definition) is 1. The van der Waals surface area contributed by atoms with Crippen molar-refractivity contribution in [3.63, 3.8) is 0 Å². The maximum Gasteiger partial charge on any atom is 0.356 e. The summed E-state index contributed by atoms with van der Waals surface area (Å²) >= 11 is 1.73. The molecule has 1 aliphatic heterocycles. The molecular weight excluding hydrogens is 302 g/mol. The molecule has 1 N–H and O–H groups in total. The SMILES string of the molecule is CCC1c2ccsc2CCN1C(=O)c1cnc(C(=O)O)cn1. The highest BCUT2D eigenvalue weighted by Crippen LogP contribution is 2.35. The molecule has 6 nitrogen and oxygen atoms in total. The summed E-state index contributed by atoms with van der Waals surface area (Å²) < 4.78 is 0. The van der Waals surface area contributed by atoms with E-state index < -0.39 is 5.97 Å². The number of aromatic carboxylic acids is 1. The lowest BCUT2D eigenvalue weighted by atomic mass is 9.97. The van der Waals surface area contributed by atoms with E-state index in [0.717, 1.165) is 19.0 Å². The van der Waals surface area contributed by atoms with E-state index in [-0.39, 0.29) is 23.3 Å². The van der Waals surface area contributed by atoms with Crippen molar-refractivity contribution >= 4 is 23.2 Å². The van der Waals surface area contributed by atoms with Crippen LogP contribution < -0.4 is 0 Å². The molecule has 2 aromatic heterocycles. The Morgan fingerprint density at radius 2 is 2.09 bits per heavy atom. The molecule has 0 saturated heterocycles. The van der Waals surface area contributed by atoms with Gasteiger partial charge in [-0.3, -0.25) is 4.79 Å².